The minimum atomic E-state index is -0.514. The summed E-state index contributed by atoms with van der Waals surface area (Å²) in [6, 6.07) is 0. The van der Waals surface area contributed by atoms with E-state index in [1.807, 2.05) is 20.8 Å². The maximum atomic E-state index is 5.68. The van der Waals surface area contributed by atoms with E-state index in [4.69, 9.17) is 20.6 Å². The number of ether oxygens (including phenoxy) is 3. The van der Waals surface area contributed by atoms with Crippen LogP contribution in [-0.4, -0.2) is 24.3 Å². The summed E-state index contributed by atoms with van der Waals surface area (Å²) in [5, 5.41) is 0. The van der Waals surface area contributed by atoms with Gasteiger partial charge in [-0.2, -0.15) is 0 Å². The van der Waals surface area contributed by atoms with Crippen LogP contribution in [0.25, 0.3) is 0 Å². The third kappa shape index (κ3) is 1.66. The summed E-state index contributed by atoms with van der Waals surface area (Å²) in [6.07, 6.45) is 6.07. The Hall–Kier alpha value is -0.560. The Balaban J connectivity index is 1.97. The molecule has 0 saturated carbocycles. The van der Waals surface area contributed by atoms with Crippen molar-refractivity contribution in [2.24, 2.45) is 5.92 Å². The maximum absolute atomic E-state index is 5.68. The van der Waals surface area contributed by atoms with E-state index in [1.54, 1.807) is 0 Å². The summed E-state index contributed by atoms with van der Waals surface area (Å²) >= 11 is 0. The monoisotopic (exact) mass is 196 g/mol. The van der Waals surface area contributed by atoms with E-state index in [-0.39, 0.29) is 24.4 Å². The third-order valence-corrected chi connectivity index (χ3v) is 2.73. The van der Waals surface area contributed by atoms with E-state index in [2.05, 4.69) is 5.92 Å². The van der Waals surface area contributed by atoms with Crippen LogP contribution in [0.5, 0.6) is 0 Å². The SMILES string of the molecule is C#C[C@H](C)[C@@H]1C[C@H]2OC(C)(C)O[C@H]2O1. The molecule has 3 nitrogen and oxygen atoms in total. The summed E-state index contributed by atoms with van der Waals surface area (Å²) in [6.45, 7) is 5.78. The molecule has 3 heteroatoms. The minimum absolute atomic E-state index is 0.0470. The van der Waals surface area contributed by atoms with Crippen molar-refractivity contribution in [3.05, 3.63) is 0 Å². The van der Waals surface area contributed by atoms with Gasteiger partial charge in [-0.25, -0.2) is 0 Å². The number of rotatable bonds is 1. The van der Waals surface area contributed by atoms with Crippen LogP contribution in [0.15, 0.2) is 0 Å². The lowest BCUT2D eigenvalue weighted by Crippen LogP contribution is -2.26. The first kappa shape index (κ1) is 9.97. The largest absolute Gasteiger partial charge is 0.345 e. The molecule has 2 fully saturated rings. The predicted molar refractivity (Wildman–Crippen MR) is 51.3 cm³/mol. The Labute approximate surface area is 84.7 Å². The highest BCUT2D eigenvalue weighted by Gasteiger charge is 2.49. The first-order valence-electron chi connectivity index (χ1n) is 4.99. The molecule has 0 aromatic rings. The van der Waals surface area contributed by atoms with Crippen LogP contribution in [-0.2, 0) is 14.2 Å². The second-order valence-corrected chi connectivity index (χ2v) is 4.41. The predicted octanol–water partition coefficient (Wildman–Crippen LogP) is 1.52. The molecule has 0 amide bonds. The second kappa shape index (κ2) is 3.23. The molecule has 0 unspecified atom stereocenters. The number of fused-ring (bicyclic) bond motifs is 1. The van der Waals surface area contributed by atoms with Gasteiger partial charge in [0, 0.05) is 12.3 Å². The van der Waals surface area contributed by atoms with Gasteiger partial charge in [0.25, 0.3) is 0 Å². The zero-order valence-corrected chi connectivity index (χ0v) is 8.82. The van der Waals surface area contributed by atoms with E-state index in [0.29, 0.717) is 0 Å². The van der Waals surface area contributed by atoms with E-state index >= 15 is 0 Å². The number of hydrogen-bond donors (Lipinski definition) is 0. The standard InChI is InChI=1S/C11H16O3/c1-5-7(2)8-6-9-10(12-8)14-11(3,4)13-9/h1,7-10H,6H2,2-4H3/t7-,8-,9+,10+/m0/s1. The van der Waals surface area contributed by atoms with Gasteiger partial charge in [-0.15, -0.1) is 12.3 Å². The fourth-order valence-corrected chi connectivity index (χ4v) is 1.96. The Morgan fingerprint density at radius 2 is 2.14 bits per heavy atom. The highest BCUT2D eigenvalue weighted by molar-refractivity contribution is 4.99. The van der Waals surface area contributed by atoms with E-state index < -0.39 is 5.79 Å². The molecule has 2 saturated heterocycles. The van der Waals surface area contributed by atoms with Gasteiger partial charge in [0.1, 0.15) is 6.10 Å². The van der Waals surface area contributed by atoms with Crippen LogP contribution >= 0.6 is 0 Å². The number of hydrogen-bond acceptors (Lipinski definition) is 3. The van der Waals surface area contributed by atoms with Gasteiger partial charge >= 0.3 is 0 Å². The van der Waals surface area contributed by atoms with Gasteiger partial charge in [0.05, 0.1) is 6.10 Å². The molecule has 2 rings (SSSR count). The van der Waals surface area contributed by atoms with E-state index in [9.17, 15) is 0 Å². The van der Waals surface area contributed by atoms with Crippen molar-refractivity contribution < 1.29 is 14.2 Å². The van der Waals surface area contributed by atoms with Crippen LogP contribution in [0.2, 0.25) is 0 Å². The molecule has 2 aliphatic rings. The fourth-order valence-electron chi connectivity index (χ4n) is 1.96. The lowest BCUT2D eigenvalue weighted by atomic mass is 10.0. The van der Waals surface area contributed by atoms with Crippen LogP contribution in [0, 0.1) is 18.3 Å². The van der Waals surface area contributed by atoms with Crippen molar-refractivity contribution in [2.45, 2.75) is 51.5 Å². The van der Waals surface area contributed by atoms with Gasteiger partial charge in [-0.1, -0.05) is 0 Å². The molecule has 0 aromatic heterocycles. The normalized spacial score (nSPS) is 41.7. The summed E-state index contributed by atoms with van der Waals surface area (Å²) in [5.41, 5.74) is 0. The molecule has 0 aliphatic carbocycles. The number of terminal acetylenes is 1. The Morgan fingerprint density at radius 1 is 1.43 bits per heavy atom. The first-order chi connectivity index (χ1) is 6.52. The summed E-state index contributed by atoms with van der Waals surface area (Å²) in [7, 11) is 0. The molecule has 2 aliphatic heterocycles. The molecule has 0 spiro atoms. The zero-order chi connectivity index (χ0) is 10.3. The Morgan fingerprint density at radius 3 is 2.71 bits per heavy atom. The van der Waals surface area contributed by atoms with Crippen molar-refractivity contribution in [3.8, 4) is 12.3 Å². The summed E-state index contributed by atoms with van der Waals surface area (Å²) in [5.74, 6) is 2.29. The van der Waals surface area contributed by atoms with Crippen molar-refractivity contribution in [2.75, 3.05) is 0 Å². The summed E-state index contributed by atoms with van der Waals surface area (Å²) < 4.78 is 17.0. The zero-order valence-electron chi connectivity index (χ0n) is 8.82. The van der Waals surface area contributed by atoms with Gasteiger partial charge in [0.2, 0.25) is 0 Å². The fraction of sp³-hybridized carbons (Fsp3) is 0.818. The Bertz CT molecular complexity index is 250. The van der Waals surface area contributed by atoms with Gasteiger partial charge in [0.15, 0.2) is 12.1 Å². The van der Waals surface area contributed by atoms with Crippen molar-refractivity contribution in [1.82, 2.24) is 0 Å². The molecule has 0 radical (unpaired) electrons. The van der Waals surface area contributed by atoms with Crippen molar-refractivity contribution in [3.63, 3.8) is 0 Å². The molecule has 0 aromatic carbocycles. The lowest BCUT2D eigenvalue weighted by molar-refractivity contribution is -0.207. The van der Waals surface area contributed by atoms with Crippen molar-refractivity contribution >= 4 is 0 Å². The first-order valence-corrected chi connectivity index (χ1v) is 4.99. The van der Waals surface area contributed by atoms with E-state index in [0.717, 1.165) is 6.42 Å². The average molecular weight is 196 g/mol. The molecular weight excluding hydrogens is 180 g/mol. The topological polar surface area (TPSA) is 27.7 Å². The molecule has 14 heavy (non-hydrogen) atoms. The molecule has 0 bridgehead atoms. The average Bonchev–Trinajstić information content (AvgIpc) is 2.56. The minimum Gasteiger partial charge on any atom is -0.345 e. The van der Waals surface area contributed by atoms with Gasteiger partial charge in [-0.3, -0.25) is 0 Å². The second-order valence-electron chi connectivity index (χ2n) is 4.41. The smallest absolute Gasteiger partial charge is 0.187 e. The summed E-state index contributed by atoms with van der Waals surface area (Å²) in [4.78, 5) is 0. The third-order valence-electron chi connectivity index (χ3n) is 2.73. The van der Waals surface area contributed by atoms with Gasteiger partial charge < -0.3 is 14.2 Å². The van der Waals surface area contributed by atoms with Crippen LogP contribution in [0.3, 0.4) is 0 Å². The quantitative estimate of drug-likeness (QED) is 0.595. The highest BCUT2D eigenvalue weighted by atomic mass is 16.8. The van der Waals surface area contributed by atoms with Gasteiger partial charge in [-0.05, 0) is 20.8 Å². The Kier molecular flexibility index (Phi) is 2.30. The molecule has 0 N–H and O–H groups in total. The molecular formula is C11H16O3. The molecule has 78 valence electrons. The molecule has 4 atom stereocenters. The van der Waals surface area contributed by atoms with Crippen molar-refractivity contribution in [1.29, 1.82) is 0 Å². The molecule has 2 heterocycles. The van der Waals surface area contributed by atoms with Crippen LogP contribution in [0.4, 0.5) is 0 Å². The maximum Gasteiger partial charge on any atom is 0.187 e. The lowest BCUT2D eigenvalue weighted by Gasteiger charge is -2.21. The highest BCUT2D eigenvalue weighted by Crippen LogP contribution is 2.38. The van der Waals surface area contributed by atoms with Crippen LogP contribution < -0.4 is 0 Å². The van der Waals surface area contributed by atoms with Crippen LogP contribution in [0.1, 0.15) is 27.2 Å². The van der Waals surface area contributed by atoms with E-state index in [1.165, 1.54) is 0 Å².